The van der Waals surface area contributed by atoms with Gasteiger partial charge in [-0.15, -0.1) is 0 Å². The number of hydrogen-bond donors (Lipinski definition) is 3. The number of carbonyl (C=O) groups is 2. The van der Waals surface area contributed by atoms with Crippen LogP contribution in [0, 0.1) is 11.2 Å². The Morgan fingerprint density at radius 3 is 2.54 bits per heavy atom. The third kappa shape index (κ3) is 6.41. The third-order valence-corrected chi connectivity index (χ3v) is 8.73. The van der Waals surface area contributed by atoms with Crippen molar-refractivity contribution < 1.29 is 32.2 Å². The summed E-state index contributed by atoms with van der Waals surface area (Å²) < 4.78 is 46.9. The van der Waals surface area contributed by atoms with Gasteiger partial charge in [0.15, 0.2) is 17.4 Å². The van der Waals surface area contributed by atoms with E-state index in [9.17, 15) is 22.4 Å². The second kappa shape index (κ2) is 10.6. The first-order valence-electron chi connectivity index (χ1n) is 13.0. The number of anilines is 4. The van der Waals surface area contributed by atoms with Gasteiger partial charge >= 0.3 is 5.97 Å². The molecule has 13 heteroatoms. The zero-order valence-corrected chi connectivity index (χ0v) is 22.5. The van der Waals surface area contributed by atoms with E-state index >= 15 is 0 Å². The van der Waals surface area contributed by atoms with Crippen LogP contribution in [0.15, 0.2) is 30.3 Å². The van der Waals surface area contributed by atoms with Gasteiger partial charge in [0.05, 0.1) is 29.6 Å². The third-order valence-electron chi connectivity index (χ3n) is 7.56. The molecule has 3 aliphatic rings. The monoisotopic (exact) mass is 561 g/mol. The fourth-order valence-electron chi connectivity index (χ4n) is 5.24. The number of carboxylic acid groups (broad SMARTS) is 1. The normalized spacial score (nSPS) is 20.5. The van der Waals surface area contributed by atoms with Crippen LogP contribution in [0.5, 0.6) is 0 Å². The number of nitrogens with zero attached hydrogens (tertiary/aromatic N) is 3. The van der Waals surface area contributed by atoms with Crippen LogP contribution in [0.2, 0.25) is 0 Å². The summed E-state index contributed by atoms with van der Waals surface area (Å²) in [6.45, 7) is 4.71. The molecule has 2 aromatic rings. The number of benzene rings is 1. The maximum absolute atomic E-state index is 14.6. The van der Waals surface area contributed by atoms with Crippen LogP contribution in [0.4, 0.5) is 27.4 Å². The van der Waals surface area contributed by atoms with E-state index in [2.05, 4.69) is 15.0 Å². The number of rotatable bonds is 8. The van der Waals surface area contributed by atoms with Gasteiger partial charge < -0.3 is 25.0 Å². The first-order chi connectivity index (χ1) is 18.5. The van der Waals surface area contributed by atoms with Crippen LogP contribution in [0.1, 0.15) is 43.0 Å². The lowest BCUT2D eigenvalue weighted by Crippen LogP contribution is -2.42. The molecule has 11 nitrogen and oxygen atoms in total. The summed E-state index contributed by atoms with van der Waals surface area (Å²) >= 11 is 0. The molecule has 0 radical (unpaired) electrons. The summed E-state index contributed by atoms with van der Waals surface area (Å²) in [6, 6.07) is 7.13. The van der Waals surface area contributed by atoms with Crippen molar-refractivity contribution in [1.82, 2.24) is 4.98 Å². The van der Waals surface area contributed by atoms with Crippen LogP contribution in [0.25, 0.3) is 0 Å². The predicted octanol–water partition coefficient (Wildman–Crippen LogP) is 2.90. The zero-order chi connectivity index (χ0) is 27.8. The summed E-state index contributed by atoms with van der Waals surface area (Å²) in [7, 11) is -4.12. The van der Waals surface area contributed by atoms with Gasteiger partial charge in [0.2, 0.25) is 10.0 Å². The number of aliphatic carboxylic acids is 1. The molecule has 1 saturated carbocycles. The Morgan fingerprint density at radius 2 is 1.87 bits per heavy atom. The van der Waals surface area contributed by atoms with E-state index < -0.39 is 33.5 Å². The maximum atomic E-state index is 14.6. The molecule has 1 atom stereocenters. The smallest absolute Gasteiger partial charge is 0.320 e. The Morgan fingerprint density at radius 1 is 1.13 bits per heavy atom. The molecule has 1 aliphatic carbocycles. The number of ether oxygens (including phenoxy) is 1. The van der Waals surface area contributed by atoms with Gasteiger partial charge in [-0.25, -0.2) is 17.8 Å². The molecule has 1 aromatic heterocycles. The van der Waals surface area contributed by atoms with Crippen LogP contribution in [0.3, 0.4) is 0 Å². The average molecular weight is 562 g/mol. The van der Waals surface area contributed by atoms with E-state index in [4.69, 9.17) is 9.84 Å². The van der Waals surface area contributed by atoms with Gasteiger partial charge in [-0.3, -0.25) is 14.3 Å². The number of nitrogens with one attached hydrogen (secondary N) is 2. The van der Waals surface area contributed by atoms with Gasteiger partial charge in [-0.2, -0.15) is 0 Å². The quantitative estimate of drug-likeness (QED) is 0.444. The fourth-order valence-corrected chi connectivity index (χ4v) is 6.13. The SMILES string of the molecule is CC1CN(c2nc(NC(=O)c3ccc(NS(=O)(=O)CC(=O)O)cc3N3CCC4(CC3)CC4)ccc2F)CCO1. The average Bonchev–Trinajstić information content (AvgIpc) is 3.63. The molecule has 1 unspecified atom stereocenters. The molecule has 3 fully saturated rings. The summed E-state index contributed by atoms with van der Waals surface area (Å²) in [5.41, 5.74) is 1.38. The number of amides is 1. The Labute approximate surface area is 226 Å². The molecule has 3 N–H and O–H groups in total. The molecule has 0 bridgehead atoms. The van der Waals surface area contributed by atoms with Gasteiger partial charge in [0.25, 0.3) is 5.91 Å². The minimum atomic E-state index is -4.12. The predicted molar refractivity (Wildman–Crippen MR) is 144 cm³/mol. The number of carboxylic acids is 1. The second-order valence-electron chi connectivity index (χ2n) is 10.6. The van der Waals surface area contributed by atoms with Crippen molar-refractivity contribution in [2.45, 2.75) is 38.7 Å². The Kier molecular flexibility index (Phi) is 7.38. The number of pyridine rings is 1. The van der Waals surface area contributed by atoms with E-state index in [0.29, 0.717) is 49.5 Å². The molecule has 210 valence electrons. The molecule has 1 spiro atoms. The molecule has 1 aromatic carbocycles. The lowest BCUT2D eigenvalue weighted by molar-refractivity contribution is -0.134. The van der Waals surface area contributed by atoms with Crippen molar-refractivity contribution in [2.24, 2.45) is 5.41 Å². The number of sulfonamides is 1. The van der Waals surface area contributed by atoms with Crippen molar-refractivity contribution in [2.75, 3.05) is 58.4 Å². The largest absolute Gasteiger partial charge is 0.480 e. The lowest BCUT2D eigenvalue weighted by Gasteiger charge is -2.35. The Hall–Kier alpha value is -3.45. The van der Waals surface area contributed by atoms with Crippen LogP contribution in [-0.2, 0) is 19.6 Å². The summed E-state index contributed by atoms with van der Waals surface area (Å²) in [5, 5.41) is 11.7. The van der Waals surface area contributed by atoms with Gasteiger partial charge in [-0.1, -0.05) is 0 Å². The maximum Gasteiger partial charge on any atom is 0.320 e. The minimum Gasteiger partial charge on any atom is -0.480 e. The first-order valence-corrected chi connectivity index (χ1v) is 14.6. The van der Waals surface area contributed by atoms with Crippen molar-refractivity contribution in [1.29, 1.82) is 0 Å². The number of hydrogen-bond acceptors (Lipinski definition) is 8. The van der Waals surface area contributed by atoms with E-state index in [1.165, 1.54) is 37.1 Å². The Balaban J connectivity index is 1.40. The van der Waals surface area contributed by atoms with Crippen molar-refractivity contribution >= 4 is 44.9 Å². The van der Waals surface area contributed by atoms with Crippen LogP contribution in [-0.4, -0.2) is 75.0 Å². The van der Waals surface area contributed by atoms with Crippen molar-refractivity contribution in [3.05, 3.63) is 41.7 Å². The highest BCUT2D eigenvalue weighted by molar-refractivity contribution is 7.93. The fraction of sp³-hybridized carbons (Fsp3) is 0.500. The molecular formula is C26H32FN5O6S. The number of carbonyl (C=O) groups excluding carboxylic acids is 1. The van der Waals surface area contributed by atoms with Gasteiger partial charge in [-0.05, 0) is 68.4 Å². The second-order valence-corrected chi connectivity index (χ2v) is 12.3. The molecule has 39 heavy (non-hydrogen) atoms. The molecular weight excluding hydrogens is 529 g/mol. The Bertz CT molecular complexity index is 1370. The van der Waals surface area contributed by atoms with E-state index in [0.717, 1.165) is 12.8 Å². The zero-order valence-electron chi connectivity index (χ0n) is 21.7. The highest BCUT2D eigenvalue weighted by Crippen LogP contribution is 2.54. The molecule has 2 aliphatic heterocycles. The van der Waals surface area contributed by atoms with E-state index in [1.54, 1.807) is 11.0 Å². The number of morpholine rings is 1. The lowest BCUT2D eigenvalue weighted by atomic mass is 9.93. The van der Waals surface area contributed by atoms with Gasteiger partial charge in [0.1, 0.15) is 5.82 Å². The summed E-state index contributed by atoms with van der Waals surface area (Å²) in [4.78, 5) is 32.6. The standard InChI is InChI=1S/C26H32FN5O6S/c1-17-15-32(12-13-38-17)24-20(27)4-5-22(28-24)29-25(35)19-3-2-18(30-39(36,37)16-23(33)34)14-21(19)31-10-8-26(6-7-26)9-11-31/h2-5,14,17,30H,6-13,15-16H2,1H3,(H,33,34)(H,28,29,35). The minimum absolute atomic E-state index is 0.0773. The number of aromatic nitrogens is 1. The van der Waals surface area contributed by atoms with Crippen LogP contribution >= 0.6 is 0 Å². The number of piperidine rings is 1. The van der Waals surface area contributed by atoms with E-state index in [-0.39, 0.29) is 23.4 Å². The first kappa shape index (κ1) is 27.1. The topological polar surface area (TPSA) is 141 Å². The molecule has 3 heterocycles. The highest BCUT2D eigenvalue weighted by Gasteiger charge is 2.44. The summed E-state index contributed by atoms with van der Waals surface area (Å²) in [6.07, 6.45) is 4.27. The molecule has 5 rings (SSSR count). The van der Waals surface area contributed by atoms with Crippen molar-refractivity contribution in [3.8, 4) is 0 Å². The highest BCUT2D eigenvalue weighted by atomic mass is 32.2. The van der Waals surface area contributed by atoms with Crippen LogP contribution < -0.4 is 19.8 Å². The molecule has 1 amide bonds. The summed E-state index contributed by atoms with van der Waals surface area (Å²) in [5.74, 6) is -3.19. The number of halogens is 1. The molecule has 2 saturated heterocycles. The van der Waals surface area contributed by atoms with E-state index in [1.807, 2.05) is 11.8 Å². The van der Waals surface area contributed by atoms with Gasteiger partial charge in [0, 0.05) is 26.2 Å². The van der Waals surface area contributed by atoms with Crippen molar-refractivity contribution in [3.63, 3.8) is 0 Å².